The number of hydrogen-bond donors (Lipinski definition) is 0. The number of halogens is 1. The number of benzene rings is 3. The van der Waals surface area contributed by atoms with Crippen LogP contribution in [0.25, 0.3) is 32.9 Å². The van der Waals surface area contributed by atoms with Crippen LogP contribution in [0.2, 0.25) is 0 Å². The molecule has 0 saturated carbocycles. The van der Waals surface area contributed by atoms with Gasteiger partial charge in [-0.05, 0) is 47.9 Å². The number of amides is 1. The molecule has 3 aromatic carbocycles. The molecule has 1 aliphatic heterocycles. The van der Waals surface area contributed by atoms with Gasteiger partial charge in [0.05, 0.1) is 24.4 Å². The summed E-state index contributed by atoms with van der Waals surface area (Å²) in [6.07, 6.45) is 0.323. The Hall–Kier alpha value is -3.47. The smallest absolute Gasteiger partial charge is 0.410 e. The molecule has 4 aromatic rings. The highest BCUT2D eigenvalue weighted by Gasteiger charge is 2.28. The van der Waals surface area contributed by atoms with Gasteiger partial charge in [-0.1, -0.05) is 42.5 Å². The van der Waals surface area contributed by atoms with Crippen LogP contribution in [-0.2, 0) is 17.7 Å². The molecule has 0 bridgehead atoms. The van der Waals surface area contributed by atoms with E-state index in [1.165, 1.54) is 6.07 Å². The molecule has 0 saturated heterocycles. The quantitative estimate of drug-likeness (QED) is 0.405. The third-order valence-electron chi connectivity index (χ3n) is 5.73. The van der Waals surface area contributed by atoms with E-state index in [2.05, 4.69) is 18.2 Å². The van der Waals surface area contributed by atoms with Gasteiger partial charge in [-0.3, -0.25) is 0 Å². The molecule has 0 N–H and O–H groups in total. The van der Waals surface area contributed by atoms with E-state index in [0.29, 0.717) is 37.4 Å². The van der Waals surface area contributed by atoms with Crippen LogP contribution in [0, 0.1) is 5.82 Å². The van der Waals surface area contributed by atoms with E-state index in [4.69, 9.17) is 9.72 Å². The molecule has 30 heavy (non-hydrogen) atoms. The Balaban J connectivity index is 1.80. The van der Waals surface area contributed by atoms with E-state index >= 15 is 0 Å². The number of pyridine rings is 1. The van der Waals surface area contributed by atoms with Crippen LogP contribution in [0.5, 0.6) is 0 Å². The first-order valence-electron chi connectivity index (χ1n) is 10.2. The minimum atomic E-state index is -0.347. The van der Waals surface area contributed by atoms with Crippen LogP contribution < -0.4 is 0 Å². The number of fused-ring (bicyclic) bond motifs is 5. The zero-order valence-corrected chi connectivity index (χ0v) is 16.7. The van der Waals surface area contributed by atoms with Gasteiger partial charge in [0.1, 0.15) is 5.82 Å². The van der Waals surface area contributed by atoms with Gasteiger partial charge >= 0.3 is 6.09 Å². The lowest BCUT2D eigenvalue weighted by molar-refractivity contribution is 0.103. The van der Waals surface area contributed by atoms with Crippen molar-refractivity contribution < 1.29 is 13.9 Å². The van der Waals surface area contributed by atoms with Crippen molar-refractivity contribution in [1.29, 1.82) is 0 Å². The molecule has 5 rings (SSSR count). The fourth-order valence-corrected chi connectivity index (χ4v) is 4.36. The van der Waals surface area contributed by atoms with Gasteiger partial charge in [-0.2, -0.15) is 0 Å². The minimum absolute atomic E-state index is 0.319. The summed E-state index contributed by atoms with van der Waals surface area (Å²) in [6.45, 7) is 3.03. The van der Waals surface area contributed by atoms with Crippen molar-refractivity contribution in [3.05, 3.63) is 77.6 Å². The number of ether oxygens (including phenoxy) is 1. The molecule has 5 heteroatoms. The zero-order chi connectivity index (χ0) is 20.7. The first-order valence-corrected chi connectivity index (χ1v) is 10.2. The highest BCUT2D eigenvalue weighted by Crippen LogP contribution is 2.38. The Kier molecular flexibility index (Phi) is 4.58. The van der Waals surface area contributed by atoms with Gasteiger partial charge < -0.3 is 9.64 Å². The summed E-state index contributed by atoms with van der Waals surface area (Å²) in [4.78, 5) is 19.0. The Morgan fingerprint density at radius 1 is 1.07 bits per heavy atom. The van der Waals surface area contributed by atoms with Crippen LogP contribution in [0.1, 0.15) is 18.1 Å². The van der Waals surface area contributed by atoms with Gasteiger partial charge in [0.2, 0.25) is 0 Å². The number of nitrogens with zero attached hydrogens (tertiary/aromatic N) is 2. The molecule has 0 spiro atoms. The van der Waals surface area contributed by atoms with Gasteiger partial charge in [0, 0.05) is 23.1 Å². The summed E-state index contributed by atoms with van der Waals surface area (Å²) in [5, 5.41) is 3.36. The predicted octanol–water partition coefficient (Wildman–Crippen LogP) is 5.71. The third kappa shape index (κ3) is 2.98. The summed E-state index contributed by atoms with van der Waals surface area (Å²) in [5.74, 6) is -0.319. The highest BCUT2D eigenvalue weighted by molar-refractivity contribution is 6.09. The van der Waals surface area contributed by atoms with Crippen molar-refractivity contribution in [2.45, 2.75) is 19.9 Å². The van der Waals surface area contributed by atoms with Gasteiger partial charge in [0.15, 0.2) is 0 Å². The summed E-state index contributed by atoms with van der Waals surface area (Å²) >= 11 is 0. The first kappa shape index (κ1) is 18.6. The maximum Gasteiger partial charge on any atom is 0.410 e. The Labute approximate surface area is 173 Å². The lowest BCUT2D eigenvalue weighted by Crippen LogP contribution is -2.37. The molecule has 0 aliphatic carbocycles. The predicted molar refractivity (Wildman–Crippen MR) is 116 cm³/mol. The molecule has 1 aromatic heterocycles. The average molecular weight is 400 g/mol. The van der Waals surface area contributed by atoms with E-state index in [9.17, 15) is 9.18 Å². The summed E-state index contributed by atoms with van der Waals surface area (Å²) in [5.41, 5.74) is 3.92. The molecule has 0 atom stereocenters. The third-order valence-corrected chi connectivity index (χ3v) is 5.73. The van der Waals surface area contributed by atoms with E-state index in [1.54, 1.807) is 24.0 Å². The SMILES string of the molecule is CCOC(=O)N1CCc2c(c(-c3ccccc3F)nc3ccc4ccccc4c23)C1. The Bertz CT molecular complexity index is 1290. The van der Waals surface area contributed by atoms with Crippen LogP contribution in [0.15, 0.2) is 60.7 Å². The number of rotatable bonds is 2. The molecule has 1 aliphatic rings. The standard InChI is InChI=1S/C25H21FN2O2/c1-2-30-25(29)28-14-13-18-20(15-28)24(19-9-5-6-10-21(19)26)27-22-12-11-16-7-3-4-8-17(16)23(18)22/h3-12H,2,13-15H2,1H3. The van der Waals surface area contributed by atoms with Crippen LogP contribution >= 0.6 is 0 Å². The lowest BCUT2D eigenvalue weighted by Gasteiger charge is -2.30. The van der Waals surface area contributed by atoms with Gasteiger partial charge in [0.25, 0.3) is 0 Å². The molecule has 0 fully saturated rings. The number of carbonyl (C=O) groups is 1. The van der Waals surface area contributed by atoms with Crippen LogP contribution in [0.3, 0.4) is 0 Å². The van der Waals surface area contributed by atoms with Crippen molar-refractivity contribution in [3.8, 4) is 11.3 Å². The summed E-state index contributed by atoms with van der Waals surface area (Å²) in [7, 11) is 0. The molecule has 150 valence electrons. The second-order valence-electron chi connectivity index (χ2n) is 7.45. The molecule has 1 amide bonds. The molecular weight excluding hydrogens is 379 g/mol. The number of aromatic nitrogens is 1. The maximum atomic E-state index is 14.7. The second kappa shape index (κ2) is 7.41. The fourth-order valence-electron chi connectivity index (χ4n) is 4.36. The summed E-state index contributed by atoms with van der Waals surface area (Å²) in [6, 6.07) is 18.9. The van der Waals surface area contributed by atoms with Crippen molar-refractivity contribution in [1.82, 2.24) is 9.88 Å². The van der Waals surface area contributed by atoms with Crippen LogP contribution in [0.4, 0.5) is 9.18 Å². The average Bonchev–Trinajstić information content (AvgIpc) is 2.78. The van der Waals surface area contributed by atoms with Gasteiger partial charge in [-0.25, -0.2) is 14.2 Å². The van der Waals surface area contributed by atoms with Crippen molar-refractivity contribution in [2.24, 2.45) is 0 Å². The molecule has 0 radical (unpaired) electrons. The molecule has 4 nitrogen and oxygen atoms in total. The van der Waals surface area contributed by atoms with Crippen LogP contribution in [-0.4, -0.2) is 29.1 Å². The van der Waals surface area contributed by atoms with E-state index in [0.717, 1.165) is 32.8 Å². The monoisotopic (exact) mass is 400 g/mol. The fraction of sp³-hybridized carbons (Fsp3) is 0.200. The Morgan fingerprint density at radius 3 is 2.70 bits per heavy atom. The van der Waals surface area contributed by atoms with Gasteiger partial charge in [-0.15, -0.1) is 0 Å². The number of carbonyl (C=O) groups excluding carboxylic acids is 1. The largest absolute Gasteiger partial charge is 0.450 e. The summed E-state index contributed by atoms with van der Waals surface area (Å²) < 4.78 is 19.9. The van der Waals surface area contributed by atoms with E-state index in [-0.39, 0.29) is 11.9 Å². The lowest BCUT2D eigenvalue weighted by atomic mass is 9.89. The minimum Gasteiger partial charge on any atom is -0.450 e. The maximum absolute atomic E-state index is 14.7. The van der Waals surface area contributed by atoms with Crippen molar-refractivity contribution in [2.75, 3.05) is 13.2 Å². The van der Waals surface area contributed by atoms with E-state index in [1.807, 2.05) is 24.3 Å². The molecule has 0 unspecified atom stereocenters. The second-order valence-corrected chi connectivity index (χ2v) is 7.45. The highest BCUT2D eigenvalue weighted by atomic mass is 19.1. The number of hydrogen-bond acceptors (Lipinski definition) is 3. The van der Waals surface area contributed by atoms with Crippen molar-refractivity contribution in [3.63, 3.8) is 0 Å². The zero-order valence-electron chi connectivity index (χ0n) is 16.7. The van der Waals surface area contributed by atoms with Crippen molar-refractivity contribution >= 4 is 27.8 Å². The molecular formula is C25H21FN2O2. The first-order chi connectivity index (χ1) is 14.7. The topological polar surface area (TPSA) is 42.4 Å². The Morgan fingerprint density at radius 2 is 1.87 bits per heavy atom. The molecule has 2 heterocycles. The normalized spacial score (nSPS) is 13.5. The van der Waals surface area contributed by atoms with E-state index < -0.39 is 0 Å².